The van der Waals surface area contributed by atoms with Crippen LogP contribution in [0.3, 0.4) is 0 Å². The van der Waals surface area contributed by atoms with Crippen LogP contribution in [0.2, 0.25) is 0 Å². The zero-order chi connectivity index (χ0) is 18.5. The maximum atomic E-state index is 11.8. The number of rotatable bonds is 2. The normalized spacial score (nSPS) is 15.9. The number of aromatic nitrogens is 1. The van der Waals surface area contributed by atoms with E-state index < -0.39 is 0 Å². The monoisotopic (exact) mass is 358 g/mol. The Bertz CT molecular complexity index is 1250. The summed E-state index contributed by atoms with van der Waals surface area (Å²) in [5, 5.41) is 2.22. The van der Waals surface area contributed by atoms with Gasteiger partial charge in [0.2, 0.25) is 5.52 Å². The second-order valence-corrected chi connectivity index (χ2v) is 7.27. The van der Waals surface area contributed by atoms with E-state index in [1.165, 1.54) is 16.5 Å². The quantitative estimate of drug-likeness (QED) is 0.401. The molecule has 0 amide bonds. The predicted molar refractivity (Wildman–Crippen MR) is 104 cm³/mol. The molecular formula is C23H20NO3+. The molecule has 0 bridgehead atoms. The van der Waals surface area contributed by atoms with E-state index in [1.807, 2.05) is 13.8 Å². The molecule has 1 aliphatic heterocycles. The first kappa shape index (κ1) is 16.1. The lowest BCUT2D eigenvalue weighted by molar-refractivity contribution is -0.674. The largest absolute Gasteiger partial charge is 0.492 e. The molecule has 0 saturated heterocycles. The average Bonchev–Trinajstić information content (AvgIpc) is 3.06. The molecule has 1 atom stereocenters. The number of pyridine rings is 1. The van der Waals surface area contributed by atoms with Crippen molar-refractivity contribution in [3.8, 4) is 5.75 Å². The Balaban J connectivity index is 1.63. The van der Waals surface area contributed by atoms with Gasteiger partial charge in [-0.1, -0.05) is 12.1 Å². The Kier molecular flexibility index (Phi) is 3.54. The molecule has 5 rings (SSSR count). The van der Waals surface area contributed by atoms with Gasteiger partial charge in [-0.05, 0) is 37.6 Å². The fraction of sp³-hybridized carbons (Fsp3) is 0.217. The third-order valence-electron chi connectivity index (χ3n) is 5.52. The minimum absolute atomic E-state index is 0.255. The van der Waals surface area contributed by atoms with Gasteiger partial charge in [-0.2, -0.15) is 4.57 Å². The average molecular weight is 358 g/mol. The smallest absolute Gasteiger partial charge is 0.336 e. The summed E-state index contributed by atoms with van der Waals surface area (Å²) in [5.74, 6) is 1.12. The van der Waals surface area contributed by atoms with Gasteiger partial charge in [-0.25, -0.2) is 4.79 Å². The van der Waals surface area contributed by atoms with Crippen LogP contribution in [0.4, 0.5) is 0 Å². The van der Waals surface area contributed by atoms with Crippen LogP contribution in [-0.4, -0.2) is 6.61 Å². The van der Waals surface area contributed by atoms with Crippen LogP contribution in [0, 0.1) is 13.8 Å². The third-order valence-corrected chi connectivity index (χ3v) is 5.52. The van der Waals surface area contributed by atoms with Gasteiger partial charge >= 0.3 is 5.63 Å². The molecule has 1 unspecified atom stereocenters. The second-order valence-electron chi connectivity index (χ2n) is 7.27. The van der Waals surface area contributed by atoms with E-state index in [-0.39, 0.29) is 11.5 Å². The SMILES string of the molecule is Cc1cc(=O)oc2c(C)c3c(cc12)C(C[n+]1cccc2ccccc21)CO3. The van der Waals surface area contributed by atoms with Gasteiger partial charge in [-0.3, -0.25) is 0 Å². The second kappa shape index (κ2) is 5.95. The van der Waals surface area contributed by atoms with Gasteiger partial charge in [0.25, 0.3) is 0 Å². The van der Waals surface area contributed by atoms with Crippen LogP contribution in [0.15, 0.2) is 63.9 Å². The molecule has 0 N–H and O–H groups in total. The molecule has 134 valence electrons. The van der Waals surface area contributed by atoms with E-state index in [9.17, 15) is 4.79 Å². The Morgan fingerprint density at radius 2 is 1.93 bits per heavy atom. The van der Waals surface area contributed by atoms with Gasteiger partial charge in [0.1, 0.15) is 17.9 Å². The molecule has 2 aromatic carbocycles. The predicted octanol–water partition coefficient (Wildman–Crippen LogP) is 4.03. The molecule has 4 heteroatoms. The lowest BCUT2D eigenvalue weighted by Gasteiger charge is -2.10. The van der Waals surface area contributed by atoms with Gasteiger partial charge in [0, 0.05) is 40.1 Å². The summed E-state index contributed by atoms with van der Waals surface area (Å²) in [4.78, 5) is 11.8. The van der Waals surface area contributed by atoms with Crippen LogP contribution in [0.1, 0.15) is 22.6 Å². The van der Waals surface area contributed by atoms with Crippen molar-refractivity contribution in [2.24, 2.45) is 0 Å². The van der Waals surface area contributed by atoms with E-state index >= 15 is 0 Å². The Hall–Kier alpha value is -3.14. The fourth-order valence-electron chi connectivity index (χ4n) is 4.15. The number of ether oxygens (including phenoxy) is 1. The molecule has 0 aliphatic carbocycles. The zero-order valence-electron chi connectivity index (χ0n) is 15.4. The van der Waals surface area contributed by atoms with Crippen LogP contribution >= 0.6 is 0 Å². The molecule has 0 saturated carbocycles. The summed E-state index contributed by atoms with van der Waals surface area (Å²) in [6.07, 6.45) is 2.12. The topological polar surface area (TPSA) is 43.3 Å². The van der Waals surface area contributed by atoms with E-state index in [1.54, 1.807) is 6.07 Å². The van der Waals surface area contributed by atoms with E-state index in [0.29, 0.717) is 12.2 Å². The number of fused-ring (bicyclic) bond motifs is 3. The van der Waals surface area contributed by atoms with Crippen molar-refractivity contribution in [2.45, 2.75) is 26.3 Å². The van der Waals surface area contributed by atoms with Crippen molar-refractivity contribution in [3.63, 3.8) is 0 Å². The Morgan fingerprint density at radius 1 is 1.11 bits per heavy atom. The number of hydrogen-bond donors (Lipinski definition) is 0. The first-order valence-corrected chi connectivity index (χ1v) is 9.20. The highest BCUT2D eigenvalue weighted by Gasteiger charge is 2.31. The molecule has 27 heavy (non-hydrogen) atoms. The highest BCUT2D eigenvalue weighted by atomic mass is 16.5. The molecule has 4 nitrogen and oxygen atoms in total. The van der Waals surface area contributed by atoms with E-state index in [0.717, 1.165) is 28.8 Å². The van der Waals surface area contributed by atoms with Crippen molar-refractivity contribution in [1.82, 2.24) is 0 Å². The van der Waals surface area contributed by atoms with E-state index in [2.05, 4.69) is 53.2 Å². The van der Waals surface area contributed by atoms with Crippen molar-refractivity contribution < 1.29 is 13.7 Å². The molecule has 3 heterocycles. The summed E-state index contributed by atoms with van der Waals surface area (Å²) in [6, 6.07) is 16.3. The highest BCUT2D eigenvalue weighted by molar-refractivity contribution is 5.86. The highest BCUT2D eigenvalue weighted by Crippen LogP contribution is 2.41. The molecular weight excluding hydrogens is 338 g/mol. The Morgan fingerprint density at radius 3 is 2.81 bits per heavy atom. The minimum atomic E-state index is -0.316. The summed E-state index contributed by atoms with van der Waals surface area (Å²) < 4.78 is 13.8. The number of para-hydroxylation sites is 1. The fourth-order valence-corrected chi connectivity index (χ4v) is 4.15. The van der Waals surface area contributed by atoms with Crippen molar-refractivity contribution >= 4 is 21.9 Å². The number of benzene rings is 2. The molecule has 0 spiro atoms. The minimum Gasteiger partial charge on any atom is -0.492 e. The van der Waals surface area contributed by atoms with Gasteiger partial charge in [0.15, 0.2) is 12.7 Å². The van der Waals surface area contributed by atoms with Crippen molar-refractivity contribution in [1.29, 1.82) is 0 Å². The molecule has 0 radical (unpaired) electrons. The summed E-state index contributed by atoms with van der Waals surface area (Å²) in [7, 11) is 0. The molecule has 1 aliphatic rings. The first-order chi connectivity index (χ1) is 13.1. The van der Waals surface area contributed by atoms with Gasteiger partial charge in [0.05, 0.1) is 5.92 Å². The van der Waals surface area contributed by atoms with Gasteiger partial charge in [-0.15, -0.1) is 0 Å². The number of nitrogens with zero attached hydrogens (tertiary/aromatic N) is 1. The molecule has 2 aromatic heterocycles. The summed E-state index contributed by atoms with van der Waals surface area (Å²) in [6.45, 7) is 5.40. The van der Waals surface area contributed by atoms with E-state index in [4.69, 9.17) is 9.15 Å². The van der Waals surface area contributed by atoms with Gasteiger partial charge < -0.3 is 9.15 Å². The van der Waals surface area contributed by atoms with Crippen LogP contribution in [0.25, 0.3) is 21.9 Å². The maximum Gasteiger partial charge on any atom is 0.336 e. The number of aryl methyl sites for hydroxylation is 2. The van der Waals surface area contributed by atoms with Crippen molar-refractivity contribution in [3.05, 3.63) is 81.8 Å². The summed E-state index contributed by atoms with van der Waals surface area (Å²) >= 11 is 0. The first-order valence-electron chi connectivity index (χ1n) is 9.20. The van der Waals surface area contributed by atoms with Crippen LogP contribution < -0.4 is 14.9 Å². The third kappa shape index (κ3) is 2.52. The standard InChI is InChI=1S/C23H20NO3/c1-14-10-21(25)27-23-15(2)22-19(11-18(14)23)17(13-26-22)12-24-9-5-7-16-6-3-4-8-20(16)24/h3-11,17H,12-13H2,1-2H3/q+1. The van der Waals surface area contributed by atoms with Crippen LogP contribution in [0.5, 0.6) is 5.75 Å². The number of hydrogen-bond acceptors (Lipinski definition) is 3. The lowest BCUT2D eigenvalue weighted by atomic mass is 9.95. The van der Waals surface area contributed by atoms with Crippen LogP contribution in [-0.2, 0) is 6.54 Å². The Labute approximate surface area is 156 Å². The van der Waals surface area contributed by atoms with Crippen molar-refractivity contribution in [2.75, 3.05) is 6.61 Å². The summed E-state index contributed by atoms with van der Waals surface area (Å²) in [5.41, 5.74) is 4.58. The lowest BCUT2D eigenvalue weighted by Crippen LogP contribution is -2.37. The molecule has 0 fully saturated rings. The molecule has 4 aromatic rings. The maximum absolute atomic E-state index is 11.8. The zero-order valence-corrected chi connectivity index (χ0v) is 15.4.